The zero-order chi connectivity index (χ0) is 14.8. The lowest BCUT2D eigenvalue weighted by atomic mass is 10.1. The Kier molecular flexibility index (Phi) is 3.27. The number of benzene rings is 1. The first-order valence-electron chi connectivity index (χ1n) is 6.29. The second kappa shape index (κ2) is 5.24. The first-order chi connectivity index (χ1) is 10.1. The van der Waals surface area contributed by atoms with E-state index < -0.39 is 11.7 Å². The molecular formula is C15H11FN4O. The maximum Gasteiger partial charge on any atom is 0.258 e. The van der Waals surface area contributed by atoms with Crippen molar-refractivity contribution in [2.75, 3.05) is 5.32 Å². The molecular weight excluding hydrogens is 271 g/mol. The molecule has 104 valence electrons. The molecule has 2 aromatic heterocycles. The van der Waals surface area contributed by atoms with Crippen LogP contribution in [0.15, 0.2) is 42.7 Å². The molecule has 5 nitrogen and oxygen atoms in total. The third kappa shape index (κ3) is 2.69. The van der Waals surface area contributed by atoms with Crippen LogP contribution in [0.3, 0.4) is 0 Å². The van der Waals surface area contributed by atoms with Gasteiger partial charge in [-0.15, -0.1) is 0 Å². The number of anilines is 1. The number of aromatic nitrogens is 3. The van der Waals surface area contributed by atoms with Gasteiger partial charge in [-0.25, -0.2) is 14.4 Å². The van der Waals surface area contributed by atoms with Crippen molar-refractivity contribution in [2.45, 2.75) is 6.92 Å². The van der Waals surface area contributed by atoms with E-state index >= 15 is 0 Å². The Hall–Kier alpha value is -2.89. The smallest absolute Gasteiger partial charge is 0.258 e. The van der Waals surface area contributed by atoms with Crippen molar-refractivity contribution in [3.05, 3.63) is 59.8 Å². The number of amides is 1. The number of carbonyl (C=O) groups excluding carboxylic acids is 1. The van der Waals surface area contributed by atoms with Crippen molar-refractivity contribution in [3.8, 4) is 0 Å². The first kappa shape index (κ1) is 13.1. The fourth-order valence-corrected chi connectivity index (χ4v) is 2.05. The molecule has 0 fully saturated rings. The number of fused-ring (bicyclic) bond motifs is 1. The van der Waals surface area contributed by atoms with Crippen molar-refractivity contribution < 1.29 is 9.18 Å². The van der Waals surface area contributed by atoms with Crippen LogP contribution < -0.4 is 5.32 Å². The molecule has 3 aromatic rings. The summed E-state index contributed by atoms with van der Waals surface area (Å²) in [6.45, 7) is 1.78. The van der Waals surface area contributed by atoms with Gasteiger partial charge in [0, 0.05) is 23.5 Å². The molecule has 21 heavy (non-hydrogen) atoms. The lowest BCUT2D eigenvalue weighted by molar-refractivity contribution is 0.102. The summed E-state index contributed by atoms with van der Waals surface area (Å²) in [7, 11) is 0. The predicted molar refractivity (Wildman–Crippen MR) is 76.4 cm³/mol. The minimum atomic E-state index is -0.418. The SMILES string of the molecule is Cc1cc(C(=O)Nc2ncccn2)c2cc(F)ccc2n1. The minimum Gasteiger partial charge on any atom is -0.290 e. The van der Waals surface area contributed by atoms with Crippen LogP contribution in [-0.2, 0) is 0 Å². The average Bonchev–Trinajstić information content (AvgIpc) is 2.48. The summed E-state index contributed by atoms with van der Waals surface area (Å²) in [5.74, 6) is -0.623. The summed E-state index contributed by atoms with van der Waals surface area (Å²) in [5, 5.41) is 3.04. The molecule has 2 heterocycles. The number of nitrogens with one attached hydrogen (secondary N) is 1. The van der Waals surface area contributed by atoms with Gasteiger partial charge in [-0.1, -0.05) is 0 Å². The van der Waals surface area contributed by atoms with Gasteiger partial charge in [0.1, 0.15) is 5.82 Å². The highest BCUT2D eigenvalue weighted by Crippen LogP contribution is 2.20. The Morgan fingerprint density at radius 3 is 2.71 bits per heavy atom. The van der Waals surface area contributed by atoms with E-state index in [0.717, 1.165) is 0 Å². The first-order valence-corrected chi connectivity index (χ1v) is 6.29. The molecule has 0 aliphatic rings. The third-order valence-electron chi connectivity index (χ3n) is 2.93. The average molecular weight is 282 g/mol. The van der Waals surface area contributed by atoms with Crippen molar-refractivity contribution in [1.29, 1.82) is 0 Å². The lowest BCUT2D eigenvalue weighted by Gasteiger charge is -2.08. The summed E-state index contributed by atoms with van der Waals surface area (Å²) in [5.41, 5.74) is 1.58. The molecule has 1 amide bonds. The molecule has 0 saturated heterocycles. The van der Waals surface area contributed by atoms with E-state index in [1.165, 1.54) is 24.5 Å². The Bertz CT molecular complexity index is 821. The second-order valence-corrected chi connectivity index (χ2v) is 4.50. The zero-order valence-electron chi connectivity index (χ0n) is 11.2. The molecule has 6 heteroatoms. The Morgan fingerprint density at radius 1 is 1.19 bits per heavy atom. The van der Waals surface area contributed by atoms with Gasteiger partial charge < -0.3 is 0 Å². The van der Waals surface area contributed by atoms with Gasteiger partial charge in [-0.05, 0) is 37.3 Å². The number of rotatable bonds is 2. The van der Waals surface area contributed by atoms with Crippen LogP contribution in [0.4, 0.5) is 10.3 Å². The fourth-order valence-electron chi connectivity index (χ4n) is 2.05. The highest BCUT2D eigenvalue weighted by Gasteiger charge is 2.13. The molecule has 0 aliphatic heterocycles. The van der Waals surface area contributed by atoms with Crippen LogP contribution >= 0.6 is 0 Å². The molecule has 1 aromatic carbocycles. The standard InChI is InChI=1S/C15H11FN4O/c1-9-7-12(11-8-10(16)3-4-13(11)19-9)14(21)20-15-17-5-2-6-18-15/h2-8H,1H3,(H,17,18,20,21). The fraction of sp³-hybridized carbons (Fsp3) is 0.0667. The van der Waals surface area contributed by atoms with E-state index in [9.17, 15) is 9.18 Å². The molecule has 0 aliphatic carbocycles. The maximum absolute atomic E-state index is 13.4. The van der Waals surface area contributed by atoms with Crippen LogP contribution in [-0.4, -0.2) is 20.9 Å². The zero-order valence-corrected chi connectivity index (χ0v) is 11.2. The summed E-state index contributed by atoms with van der Waals surface area (Å²) in [6, 6.07) is 7.42. The van der Waals surface area contributed by atoms with Gasteiger partial charge in [-0.2, -0.15) is 0 Å². The quantitative estimate of drug-likeness (QED) is 0.784. The van der Waals surface area contributed by atoms with Crippen LogP contribution in [0.25, 0.3) is 10.9 Å². The van der Waals surface area contributed by atoms with Crippen LogP contribution in [0.5, 0.6) is 0 Å². The number of nitrogens with zero attached hydrogens (tertiary/aromatic N) is 3. The molecule has 0 spiro atoms. The van der Waals surface area contributed by atoms with Gasteiger partial charge in [0.25, 0.3) is 5.91 Å². The van der Waals surface area contributed by atoms with E-state index in [1.807, 2.05) is 0 Å². The molecule has 0 radical (unpaired) electrons. The number of aryl methyl sites for hydroxylation is 1. The summed E-state index contributed by atoms with van der Waals surface area (Å²) < 4.78 is 13.4. The lowest BCUT2D eigenvalue weighted by Crippen LogP contribution is -2.15. The Balaban J connectivity index is 2.06. The van der Waals surface area contributed by atoms with Crippen molar-refractivity contribution in [2.24, 2.45) is 0 Å². The van der Waals surface area contributed by atoms with Crippen LogP contribution in [0.1, 0.15) is 16.1 Å². The normalized spacial score (nSPS) is 10.6. The second-order valence-electron chi connectivity index (χ2n) is 4.50. The number of carbonyl (C=O) groups is 1. The number of hydrogen-bond donors (Lipinski definition) is 1. The molecule has 0 unspecified atom stereocenters. The van der Waals surface area contributed by atoms with E-state index in [0.29, 0.717) is 22.2 Å². The largest absolute Gasteiger partial charge is 0.290 e. The summed E-state index contributed by atoms with van der Waals surface area (Å²) in [4.78, 5) is 24.5. The van der Waals surface area contributed by atoms with E-state index in [4.69, 9.17) is 0 Å². The summed E-state index contributed by atoms with van der Waals surface area (Å²) in [6.07, 6.45) is 3.05. The van der Waals surface area contributed by atoms with Crippen molar-refractivity contribution in [3.63, 3.8) is 0 Å². The number of hydrogen-bond acceptors (Lipinski definition) is 4. The number of pyridine rings is 1. The third-order valence-corrected chi connectivity index (χ3v) is 2.93. The molecule has 3 rings (SSSR count). The van der Waals surface area contributed by atoms with Gasteiger partial charge >= 0.3 is 0 Å². The molecule has 1 N–H and O–H groups in total. The van der Waals surface area contributed by atoms with Crippen LogP contribution in [0, 0.1) is 12.7 Å². The van der Waals surface area contributed by atoms with Gasteiger partial charge in [0.15, 0.2) is 0 Å². The van der Waals surface area contributed by atoms with Crippen molar-refractivity contribution >= 4 is 22.8 Å². The van der Waals surface area contributed by atoms with Crippen LogP contribution in [0.2, 0.25) is 0 Å². The molecule has 0 saturated carbocycles. The van der Waals surface area contributed by atoms with Gasteiger partial charge in [-0.3, -0.25) is 15.1 Å². The molecule has 0 atom stereocenters. The van der Waals surface area contributed by atoms with Crippen molar-refractivity contribution in [1.82, 2.24) is 15.0 Å². The van der Waals surface area contributed by atoms with E-state index in [1.54, 1.807) is 25.1 Å². The van der Waals surface area contributed by atoms with Gasteiger partial charge in [0.2, 0.25) is 5.95 Å². The monoisotopic (exact) mass is 282 g/mol. The summed E-state index contributed by atoms with van der Waals surface area (Å²) >= 11 is 0. The highest BCUT2D eigenvalue weighted by molar-refractivity contribution is 6.11. The Labute approximate surface area is 119 Å². The van der Waals surface area contributed by atoms with E-state index in [-0.39, 0.29) is 5.95 Å². The topological polar surface area (TPSA) is 67.8 Å². The Morgan fingerprint density at radius 2 is 1.95 bits per heavy atom. The number of halogens is 1. The van der Waals surface area contributed by atoms with E-state index in [2.05, 4.69) is 20.3 Å². The maximum atomic E-state index is 13.4. The highest BCUT2D eigenvalue weighted by atomic mass is 19.1. The van der Waals surface area contributed by atoms with Gasteiger partial charge in [0.05, 0.1) is 11.1 Å². The minimum absolute atomic E-state index is 0.196. The predicted octanol–water partition coefficient (Wildman–Crippen LogP) is 2.72. The molecule has 0 bridgehead atoms.